The van der Waals surface area contributed by atoms with Gasteiger partial charge in [0.25, 0.3) is 0 Å². The van der Waals surface area contributed by atoms with E-state index in [0.717, 1.165) is 0 Å². The molecule has 0 heterocycles. The number of allylic oxidation sites excluding steroid dienone is 2. The molecule has 0 amide bonds. The van der Waals surface area contributed by atoms with Crippen LogP contribution in [0.15, 0.2) is 41.6 Å². The van der Waals surface area contributed by atoms with Crippen LogP contribution < -0.4 is 5.73 Å². The molecule has 25 heavy (non-hydrogen) atoms. The van der Waals surface area contributed by atoms with Crippen LogP contribution in [0.1, 0.15) is 18.4 Å². The molecule has 7 nitrogen and oxygen atoms in total. The van der Waals surface area contributed by atoms with E-state index in [0.29, 0.717) is 5.56 Å². The summed E-state index contributed by atoms with van der Waals surface area (Å²) in [6.07, 6.45) is 0. The Labute approximate surface area is 144 Å². The van der Waals surface area contributed by atoms with Gasteiger partial charge in [0.15, 0.2) is 5.41 Å². The number of carbonyl (C=O) groups is 1. The molecular formula is C18H13N5O2. The Bertz CT molecular complexity index is 894. The van der Waals surface area contributed by atoms with Crippen molar-refractivity contribution in [2.45, 2.75) is 12.8 Å². The summed E-state index contributed by atoms with van der Waals surface area (Å²) in [5.41, 5.74) is 1.85. The fraction of sp³-hybridized carbons (Fsp3) is 0.278. The van der Waals surface area contributed by atoms with Crippen molar-refractivity contribution in [2.75, 3.05) is 6.61 Å². The van der Waals surface area contributed by atoms with Crippen molar-refractivity contribution in [1.82, 2.24) is 0 Å². The maximum atomic E-state index is 12.6. The molecule has 1 fully saturated rings. The van der Waals surface area contributed by atoms with Crippen molar-refractivity contribution < 1.29 is 9.53 Å². The highest BCUT2D eigenvalue weighted by Gasteiger charge is 2.86. The fourth-order valence-electron chi connectivity index (χ4n) is 3.27. The topological polar surface area (TPSA) is 147 Å². The highest BCUT2D eigenvalue weighted by Crippen LogP contribution is 2.76. The Hall–Kier alpha value is -3.81. The lowest BCUT2D eigenvalue weighted by Gasteiger charge is -2.13. The van der Waals surface area contributed by atoms with Crippen LogP contribution in [0, 0.1) is 56.2 Å². The Balaban J connectivity index is 2.81. The van der Waals surface area contributed by atoms with Crippen molar-refractivity contribution in [3.63, 3.8) is 0 Å². The van der Waals surface area contributed by atoms with Crippen molar-refractivity contribution in [3.05, 3.63) is 47.2 Å². The molecule has 0 aromatic heterocycles. The first-order chi connectivity index (χ1) is 12.0. The summed E-state index contributed by atoms with van der Waals surface area (Å²) in [7, 11) is 0. The van der Waals surface area contributed by atoms with Crippen LogP contribution in [0.2, 0.25) is 0 Å². The minimum absolute atomic E-state index is 0.0122. The van der Waals surface area contributed by atoms with Gasteiger partial charge in [-0.15, -0.1) is 0 Å². The number of nitriles is 4. The molecule has 0 bridgehead atoms. The highest BCUT2D eigenvalue weighted by molar-refractivity contribution is 5.91. The predicted molar refractivity (Wildman–Crippen MR) is 84.3 cm³/mol. The first kappa shape index (κ1) is 17.5. The second kappa shape index (κ2) is 6.36. The quantitative estimate of drug-likeness (QED) is 0.651. The molecule has 0 spiro atoms. The average molecular weight is 331 g/mol. The van der Waals surface area contributed by atoms with E-state index in [1.807, 2.05) is 12.1 Å². The number of carbonyl (C=O) groups excluding carboxylic acids is 1. The summed E-state index contributed by atoms with van der Waals surface area (Å²) >= 11 is 0. The zero-order valence-electron chi connectivity index (χ0n) is 13.4. The maximum absolute atomic E-state index is 12.6. The van der Waals surface area contributed by atoms with Crippen molar-refractivity contribution >= 4 is 5.97 Å². The van der Waals surface area contributed by atoms with Gasteiger partial charge in [-0.2, -0.15) is 21.0 Å². The lowest BCUT2D eigenvalue weighted by atomic mass is 9.89. The molecule has 0 saturated heterocycles. The predicted octanol–water partition coefficient (Wildman–Crippen LogP) is 1.63. The fourth-order valence-corrected chi connectivity index (χ4v) is 3.27. The van der Waals surface area contributed by atoms with Gasteiger partial charge in [0, 0.05) is 5.92 Å². The van der Waals surface area contributed by atoms with Crippen LogP contribution in [-0.4, -0.2) is 12.6 Å². The number of ether oxygens (including phenoxy) is 1. The second-order valence-corrected chi connectivity index (χ2v) is 5.42. The van der Waals surface area contributed by atoms with Gasteiger partial charge >= 0.3 is 5.97 Å². The van der Waals surface area contributed by atoms with Gasteiger partial charge in [0.2, 0.25) is 0 Å². The van der Waals surface area contributed by atoms with Gasteiger partial charge in [-0.3, -0.25) is 4.79 Å². The standard InChI is InChI=1S/C18H13N5O2/c1-2-25-16(24)18(11-22)14(12-6-4-3-5-7-12)17(18,10-21)15(23)13(8-19)9-20/h3-7,14H,2,23H2,1H3/t14-,17-,18-/m0/s1. The number of hydrogen-bond donors (Lipinski definition) is 1. The molecule has 2 N–H and O–H groups in total. The Kier molecular flexibility index (Phi) is 4.46. The minimum Gasteiger partial charge on any atom is -0.465 e. The molecule has 7 heteroatoms. The molecule has 1 aromatic carbocycles. The van der Waals surface area contributed by atoms with E-state index < -0.39 is 28.3 Å². The van der Waals surface area contributed by atoms with Crippen LogP contribution in [0.3, 0.4) is 0 Å². The van der Waals surface area contributed by atoms with Gasteiger partial charge in [-0.05, 0) is 12.5 Å². The summed E-state index contributed by atoms with van der Waals surface area (Å²) in [4.78, 5) is 12.6. The highest BCUT2D eigenvalue weighted by atomic mass is 16.5. The summed E-state index contributed by atoms with van der Waals surface area (Å²) in [6, 6.07) is 15.5. The van der Waals surface area contributed by atoms with Crippen LogP contribution in [0.5, 0.6) is 0 Å². The summed E-state index contributed by atoms with van der Waals surface area (Å²) in [6.45, 7) is 1.59. The lowest BCUT2D eigenvalue weighted by Crippen LogP contribution is -2.28. The molecule has 0 aliphatic heterocycles. The summed E-state index contributed by atoms with van der Waals surface area (Å²) in [5, 5.41) is 37.8. The number of rotatable bonds is 4. The number of nitrogens with zero attached hydrogens (tertiary/aromatic N) is 4. The molecule has 0 radical (unpaired) electrons. The molecule has 122 valence electrons. The van der Waals surface area contributed by atoms with E-state index in [4.69, 9.17) is 21.0 Å². The van der Waals surface area contributed by atoms with Gasteiger partial charge in [0.1, 0.15) is 23.1 Å². The number of hydrogen-bond acceptors (Lipinski definition) is 7. The van der Waals surface area contributed by atoms with Crippen LogP contribution in [0.25, 0.3) is 0 Å². The van der Waals surface area contributed by atoms with E-state index >= 15 is 0 Å². The van der Waals surface area contributed by atoms with E-state index in [1.54, 1.807) is 49.4 Å². The van der Waals surface area contributed by atoms with Crippen molar-refractivity contribution in [3.8, 4) is 24.3 Å². The molecule has 1 aliphatic carbocycles. The molecular weight excluding hydrogens is 318 g/mol. The molecule has 0 unspecified atom stereocenters. The largest absolute Gasteiger partial charge is 0.465 e. The Morgan fingerprint density at radius 2 is 1.68 bits per heavy atom. The molecule has 3 atom stereocenters. The molecule has 1 aromatic rings. The SMILES string of the molecule is CCOC(=O)[C@]1(C#N)[C@@H](c2ccccc2)[C@@]1(C#N)C(N)=C(C#N)C#N. The van der Waals surface area contributed by atoms with Crippen molar-refractivity contribution in [1.29, 1.82) is 21.0 Å². The van der Waals surface area contributed by atoms with Crippen molar-refractivity contribution in [2.24, 2.45) is 16.6 Å². The van der Waals surface area contributed by atoms with Crippen LogP contribution in [-0.2, 0) is 9.53 Å². The molecule has 1 saturated carbocycles. The van der Waals surface area contributed by atoms with Gasteiger partial charge in [-0.25, -0.2) is 0 Å². The molecule has 2 rings (SSSR count). The monoisotopic (exact) mass is 331 g/mol. The van der Waals surface area contributed by atoms with E-state index in [2.05, 4.69) is 0 Å². The van der Waals surface area contributed by atoms with Crippen LogP contribution >= 0.6 is 0 Å². The first-order valence-corrected chi connectivity index (χ1v) is 7.36. The second-order valence-electron chi connectivity index (χ2n) is 5.42. The maximum Gasteiger partial charge on any atom is 0.329 e. The van der Waals surface area contributed by atoms with E-state index in [-0.39, 0.29) is 12.3 Å². The zero-order valence-corrected chi connectivity index (χ0v) is 13.4. The Morgan fingerprint density at radius 3 is 2.12 bits per heavy atom. The number of benzene rings is 1. The van der Waals surface area contributed by atoms with Gasteiger partial charge < -0.3 is 10.5 Å². The third-order valence-electron chi connectivity index (χ3n) is 4.41. The smallest absolute Gasteiger partial charge is 0.329 e. The first-order valence-electron chi connectivity index (χ1n) is 7.36. The van der Waals surface area contributed by atoms with Gasteiger partial charge in [-0.1, -0.05) is 30.3 Å². The average Bonchev–Trinajstić information content (AvgIpc) is 3.28. The van der Waals surface area contributed by atoms with E-state index in [9.17, 15) is 15.3 Å². The third kappa shape index (κ3) is 2.12. The number of esters is 1. The Morgan fingerprint density at radius 1 is 1.12 bits per heavy atom. The zero-order chi connectivity index (χ0) is 18.7. The summed E-state index contributed by atoms with van der Waals surface area (Å²) < 4.78 is 5.01. The van der Waals surface area contributed by atoms with Crippen LogP contribution in [0.4, 0.5) is 0 Å². The number of nitrogens with two attached hydrogens (primary N) is 1. The summed E-state index contributed by atoms with van der Waals surface area (Å²) in [5.74, 6) is -1.84. The third-order valence-corrected chi connectivity index (χ3v) is 4.41. The normalized spacial score (nSPS) is 26.0. The van der Waals surface area contributed by atoms with Gasteiger partial charge in [0.05, 0.1) is 24.4 Å². The minimum atomic E-state index is -1.91. The molecule has 1 aliphatic rings. The van der Waals surface area contributed by atoms with E-state index in [1.165, 1.54) is 0 Å². The lowest BCUT2D eigenvalue weighted by molar-refractivity contribution is -0.148.